The van der Waals surface area contributed by atoms with Gasteiger partial charge in [-0.05, 0) is 0 Å². The van der Waals surface area contributed by atoms with Crippen LogP contribution in [0.25, 0.3) is 0 Å². The van der Waals surface area contributed by atoms with E-state index in [1.165, 1.54) is 0 Å². The van der Waals surface area contributed by atoms with Crippen molar-refractivity contribution in [2.24, 2.45) is 0 Å². The quantitative estimate of drug-likeness (QED) is 0.560. The second-order valence-corrected chi connectivity index (χ2v) is 3.76. The van der Waals surface area contributed by atoms with E-state index in [1.54, 1.807) is 23.1 Å². The monoisotopic (exact) mass is 172 g/mol. The van der Waals surface area contributed by atoms with Gasteiger partial charge in [-0.2, -0.15) is 0 Å². The van der Waals surface area contributed by atoms with Crippen LogP contribution in [0.2, 0.25) is 0 Å². The van der Waals surface area contributed by atoms with Crippen molar-refractivity contribution < 1.29 is 0 Å². The minimum atomic E-state index is 0.608. The van der Waals surface area contributed by atoms with E-state index in [0.717, 1.165) is 10.1 Å². The Morgan fingerprint density at radius 3 is 3.20 bits per heavy atom. The van der Waals surface area contributed by atoms with Gasteiger partial charge in [-0.25, -0.2) is 4.98 Å². The Labute approximate surface area is 68.2 Å². The van der Waals surface area contributed by atoms with Crippen LogP contribution in [0.3, 0.4) is 0 Å². The zero-order valence-corrected chi connectivity index (χ0v) is 7.04. The molecule has 0 atom stereocenters. The molecular weight excluding hydrogens is 164 g/mol. The van der Waals surface area contributed by atoms with Gasteiger partial charge in [0, 0.05) is 11.1 Å². The number of hydrogen-bond acceptors (Lipinski definition) is 4. The fraction of sp³-hybridized carbons (Fsp3) is 0.167. The molecule has 4 heteroatoms. The molecule has 1 heterocycles. The van der Waals surface area contributed by atoms with Crippen LogP contribution in [0.4, 0.5) is 5.82 Å². The van der Waals surface area contributed by atoms with Crippen LogP contribution in [-0.2, 0) is 0 Å². The molecule has 0 aromatic carbocycles. The van der Waals surface area contributed by atoms with Crippen molar-refractivity contribution in [3.05, 3.63) is 18.0 Å². The highest BCUT2D eigenvalue weighted by molar-refractivity contribution is 8.01. The second kappa shape index (κ2) is 3.63. The van der Waals surface area contributed by atoms with Crippen molar-refractivity contribution in [3.8, 4) is 0 Å². The maximum Gasteiger partial charge on any atom is 0.152 e. The van der Waals surface area contributed by atoms with Gasteiger partial charge in [-0.15, -0.1) is 17.9 Å². The van der Waals surface area contributed by atoms with Gasteiger partial charge < -0.3 is 5.73 Å². The highest BCUT2D eigenvalue weighted by Crippen LogP contribution is 2.22. The molecule has 0 radical (unpaired) electrons. The number of nitrogens with two attached hydrogens (primary N) is 1. The maximum absolute atomic E-state index is 5.41. The molecule has 0 spiro atoms. The minimum absolute atomic E-state index is 0.608. The second-order valence-electron chi connectivity index (χ2n) is 1.64. The Kier molecular flexibility index (Phi) is 2.77. The van der Waals surface area contributed by atoms with Crippen molar-refractivity contribution in [1.82, 2.24) is 4.98 Å². The summed E-state index contributed by atoms with van der Waals surface area (Å²) >= 11 is 3.22. The van der Waals surface area contributed by atoms with Crippen molar-refractivity contribution in [1.29, 1.82) is 0 Å². The molecule has 2 N–H and O–H groups in total. The van der Waals surface area contributed by atoms with Crippen molar-refractivity contribution in [3.63, 3.8) is 0 Å². The first kappa shape index (κ1) is 7.63. The van der Waals surface area contributed by atoms with E-state index in [1.807, 2.05) is 11.5 Å². The number of thiazole rings is 1. The Morgan fingerprint density at radius 2 is 2.70 bits per heavy atom. The summed E-state index contributed by atoms with van der Waals surface area (Å²) in [5.41, 5.74) is 5.41. The van der Waals surface area contributed by atoms with Crippen LogP contribution in [0, 0.1) is 0 Å². The van der Waals surface area contributed by atoms with E-state index >= 15 is 0 Å². The summed E-state index contributed by atoms with van der Waals surface area (Å²) in [5, 5.41) is 1.84. The molecule has 0 saturated carbocycles. The Balaban J connectivity index is 2.49. The third-order valence-corrected chi connectivity index (χ3v) is 2.86. The molecule has 0 saturated heterocycles. The average molecular weight is 172 g/mol. The molecule has 1 aromatic heterocycles. The topological polar surface area (TPSA) is 38.9 Å². The summed E-state index contributed by atoms with van der Waals surface area (Å²) in [6.07, 6.45) is 1.85. The molecule has 0 unspecified atom stereocenters. The molecule has 0 fully saturated rings. The number of nitrogens with zero attached hydrogens (tertiary/aromatic N) is 1. The van der Waals surface area contributed by atoms with Crippen LogP contribution in [0.1, 0.15) is 0 Å². The van der Waals surface area contributed by atoms with E-state index in [9.17, 15) is 0 Å². The Morgan fingerprint density at radius 1 is 1.90 bits per heavy atom. The van der Waals surface area contributed by atoms with Crippen LogP contribution < -0.4 is 5.73 Å². The van der Waals surface area contributed by atoms with Crippen LogP contribution >= 0.6 is 23.1 Å². The molecular formula is C6H8N2S2. The van der Waals surface area contributed by atoms with E-state index < -0.39 is 0 Å². The lowest BCUT2D eigenvalue weighted by Crippen LogP contribution is -1.82. The number of rotatable bonds is 3. The summed E-state index contributed by atoms with van der Waals surface area (Å²) < 4.78 is 1.01. The van der Waals surface area contributed by atoms with Crippen LogP contribution in [-0.4, -0.2) is 10.7 Å². The summed E-state index contributed by atoms with van der Waals surface area (Å²) in [6, 6.07) is 0. The number of aromatic nitrogens is 1. The van der Waals surface area contributed by atoms with Crippen molar-refractivity contribution in [2.45, 2.75) is 4.34 Å². The first-order valence-corrected chi connectivity index (χ1v) is 4.64. The van der Waals surface area contributed by atoms with Crippen molar-refractivity contribution >= 4 is 28.9 Å². The van der Waals surface area contributed by atoms with Crippen molar-refractivity contribution in [2.75, 3.05) is 11.5 Å². The van der Waals surface area contributed by atoms with Gasteiger partial charge in [-0.3, -0.25) is 0 Å². The molecule has 2 nitrogen and oxygen atoms in total. The predicted octanol–water partition coefficient (Wildman–Crippen LogP) is 2.00. The van der Waals surface area contributed by atoms with E-state index in [2.05, 4.69) is 11.6 Å². The first-order chi connectivity index (χ1) is 4.83. The molecule has 0 aliphatic carbocycles. The number of nitrogen functional groups attached to an aromatic ring is 1. The molecule has 54 valence electrons. The number of anilines is 1. The third kappa shape index (κ3) is 2.04. The zero-order valence-electron chi connectivity index (χ0n) is 5.41. The van der Waals surface area contributed by atoms with Gasteiger partial charge in [-0.1, -0.05) is 17.8 Å². The van der Waals surface area contributed by atoms with Gasteiger partial charge in [0.25, 0.3) is 0 Å². The van der Waals surface area contributed by atoms with Crippen LogP contribution in [0.5, 0.6) is 0 Å². The Hall–Kier alpha value is -0.480. The fourth-order valence-corrected chi connectivity index (χ4v) is 1.95. The van der Waals surface area contributed by atoms with E-state index in [-0.39, 0.29) is 0 Å². The molecule has 0 amide bonds. The van der Waals surface area contributed by atoms with Gasteiger partial charge in [0.2, 0.25) is 0 Å². The Bertz CT molecular complexity index is 219. The lowest BCUT2D eigenvalue weighted by molar-refractivity contribution is 1.26. The van der Waals surface area contributed by atoms with Crippen LogP contribution in [0.15, 0.2) is 22.4 Å². The summed E-state index contributed by atoms with van der Waals surface area (Å²) in [6.45, 7) is 3.61. The first-order valence-electron chi connectivity index (χ1n) is 2.77. The minimum Gasteiger partial charge on any atom is -0.383 e. The van der Waals surface area contributed by atoms with Gasteiger partial charge in [0.15, 0.2) is 4.34 Å². The SMILES string of the molecule is C=CCSc1nc(N)cs1. The number of hydrogen-bond donors (Lipinski definition) is 1. The van der Waals surface area contributed by atoms with Gasteiger partial charge >= 0.3 is 0 Å². The highest BCUT2D eigenvalue weighted by Gasteiger charge is 1.96. The fourth-order valence-electron chi connectivity index (χ4n) is 0.465. The number of thioether (sulfide) groups is 1. The normalized spacial score (nSPS) is 9.60. The maximum atomic E-state index is 5.41. The lowest BCUT2D eigenvalue weighted by Gasteiger charge is -1.86. The molecule has 0 aliphatic heterocycles. The largest absolute Gasteiger partial charge is 0.383 e. The summed E-state index contributed by atoms with van der Waals surface area (Å²) in [7, 11) is 0. The molecule has 0 aliphatic rings. The lowest BCUT2D eigenvalue weighted by atomic mass is 10.8. The molecule has 1 rings (SSSR count). The van der Waals surface area contributed by atoms with E-state index in [0.29, 0.717) is 5.82 Å². The standard InChI is InChI=1S/C6H8N2S2/c1-2-3-9-6-8-5(7)4-10-6/h2,4H,1,3,7H2. The molecule has 10 heavy (non-hydrogen) atoms. The third-order valence-electron chi connectivity index (χ3n) is 0.826. The highest BCUT2D eigenvalue weighted by atomic mass is 32.2. The summed E-state index contributed by atoms with van der Waals surface area (Å²) in [4.78, 5) is 4.06. The van der Waals surface area contributed by atoms with Gasteiger partial charge in [0.1, 0.15) is 5.82 Å². The van der Waals surface area contributed by atoms with Gasteiger partial charge in [0.05, 0.1) is 0 Å². The van der Waals surface area contributed by atoms with E-state index in [4.69, 9.17) is 5.73 Å². The smallest absolute Gasteiger partial charge is 0.152 e. The zero-order chi connectivity index (χ0) is 7.40. The average Bonchev–Trinajstić information content (AvgIpc) is 2.31. The predicted molar refractivity (Wildman–Crippen MR) is 47.4 cm³/mol. The summed E-state index contributed by atoms with van der Waals surface area (Å²) in [5.74, 6) is 1.50. The molecule has 0 bridgehead atoms. The molecule has 1 aromatic rings.